The van der Waals surface area contributed by atoms with Crippen LogP contribution in [0.2, 0.25) is 0 Å². The lowest BCUT2D eigenvalue weighted by Crippen LogP contribution is -2.17. The van der Waals surface area contributed by atoms with E-state index >= 15 is 0 Å². The van der Waals surface area contributed by atoms with Crippen LogP contribution in [0.5, 0.6) is 0 Å². The molecule has 0 aliphatic carbocycles. The van der Waals surface area contributed by atoms with Crippen molar-refractivity contribution in [2.45, 2.75) is 32.9 Å². The summed E-state index contributed by atoms with van der Waals surface area (Å²) in [6.07, 6.45) is 4.93. The summed E-state index contributed by atoms with van der Waals surface area (Å²) in [5, 5.41) is 1.21. The second-order valence-corrected chi connectivity index (χ2v) is 5.76. The third-order valence-corrected chi connectivity index (χ3v) is 3.86. The molecule has 3 rings (SSSR count). The molecule has 0 saturated heterocycles. The van der Waals surface area contributed by atoms with E-state index in [4.69, 9.17) is 5.73 Å². The summed E-state index contributed by atoms with van der Waals surface area (Å²) in [4.78, 5) is 4.56. The lowest BCUT2D eigenvalue weighted by Gasteiger charge is -2.07. The van der Waals surface area contributed by atoms with Crippen LogP contribution in [0.3, 0.4) is 0 Å². The first-order valence-electron chi connectivity index (χ1n) is 7.38. The van der Waals surface area contributed by atoms with Crippen molar-refractivity contribution < 1.29 is 0 Å². The van der Waals surface area contributed by atoms with Crippen LogP contribution < -0.4 is 5.73 Å². The maximum Gasteiger partial charge on any atom is 0.140 e. The normalized spacial score (nSPS) is 12.7. The number of nitrogens with two attached hydrogens (primary N) is 1. The Balaban J connectivity index is 2.04. The molecule has 108 valence electrons. The van der Waals surface area contributed by atoms with Crippen molar-refractivity contribution in [1.29, 1.82) is 0 Å². The van der Waals surface area contributed by atoms with Gasteiger partial charge in [-0.15, -0.1) is 0 Å². The van der Waals surface area contributed by atoms with Gasteiger partial charge < -0.3 is 10.3 Å². The average Bonchev–Trinajstić information content (AvgIpc) is 2.79. The zero-order valence-corrected chi connectivity index (χ0v) is 12.6. The minimum Gasteiger partial charge on any atom is -0.328 e. The number of nitrogens with zero attached hydrogens (tertiary/aromatic N) is 2. The molecule has 0 bridgehead atoms. The molecular formula is C18H21N3. The maximum absolute atomic E-state index is 5.97. The SMILES string of the molecule is Cc1ccccc1Cn1cc(CC(C)N)c2cccnc21. The van der Waals surface area contributed by atoms with Crippen LogP contribution in [0, 0.1) is 6.92 Å². The van der Waals surface area contributed by atoms with Gasteiger partial charge in [-0.3, -0.25) is 0 Å². The van der Waals surface area contributed by atoms with Gasteiger partial charge in [0.05, 0.1) is 0 Å². The topological polar surface area (TPSA) is 43.8 Å². The fourth-order valence-electron chi connectivity index (χ4n) is 2.80. The van der Waals surface area contributed by atoms with Crippen LogP contribution in [-0.2, 0) is 13.0 Å². The Morgan fingerprint density at radius 2 is 1.95 bits per heavy atom. The predicted octanol–water partition coefficient (Wildman–Crippen LogP) is 3.28. The van der Waals surface area contributed by atoms with Gasteiger partial charge in [0.1, 0.15) is 5.65 Å². The summed E-state index contributed by atoms with van der Waals surface area (Å²) in [6.45, 7) is 5.04. The first-order valence-corrected chi connectivity index (χ1v) is 7.38. The van der Waals surface area contributed by atoms with Gasteiger partial charge in [-0.1, -0.05) is 24.3 Å². The Kier molecular flexibility index (Phi) is 3.76. The highest BCUT2D eigenvalue weighted by Gasteiger charge is 2.11. The number of fused-ring (bicyclic) bond motifs is 1. The summed E-state index contributed by atoms with van der Waals surface area (Å²) in [5.41, 5.74) is 10.9. The molecule has 2 N–H and O–H groups in total. The molecule has 2 heterocycles. The van der Waals surface area contributed by atoms with Crippen LogP contribution in [-0.4, -0.2) is 15.6 Å². The fraction of sp³-hybridized carbons (Fsp3) is 0.278. The summed E-state index contributed by atoms with van der Waals surface area (Å²) in [6, 6.07) is 12.8. The van der Waals surface area contributed by atoms with Gasteiger partial charge in [0.2, 0.25) is 0 Å². The monoisotopic (exact) mass is 279 g/mol. The van der Waals surface area contributed by atoms with E-state index in [1.165, 1.54) is 22.1 Å². The van der Waals surface area contributed by atoms with Crippen molar-refractivity contribution in [2.75, 3.05) is 0 Å². The lowest BCUT2D eigenvalue weighted by atomic mass is 10.1. The van der Waals surface area contributed by atoms with Crippen LogP contribution in [0.4, 0.5) is 0 Å². The van der Waals surface area contributed by atoms with Crippen molar-refractivity contribution in [3.63, 3.8) is 0 Å². The molecule has 3 heteroatoms. The van der Waals surface area contributed by atoms with E-state index in [2.05, 4.69) is 53.0 Å². The maximum atomic E-state index is 5.97. The molecule has 2 aromatic heterocycles. The van der Waals surface area contributed by atoms with E-state index in [0.717, 1.165) is 18.6 Å². The van der Waals surface area contributed by atoms with E-state index in [9.17, 15) is 0 Å². The van der Waals surface area contributed by atoms with Gasteiger partial charge in [-0.2, -0.15) is 0 Å². The molecule has 0 aliphatic heterocycles. The van der Waals surface area contributed by atoms with Gasteiger partial charge in [0.15, 0.2) is 0 Å². The van der Waals surface area contributed by atoms with Crippen molar-refractivity contribution in [2.24, 2.45) is 5.73 Å². The molecule has 1 aromatic carbocycles. The molecule has 21 heavy (non-hydrogen) atoms. The summed E-state index contributed by atoms with van der Waals surface area (Å²) in [7, 11) is 0. The number of aromatic nitrogens is 2. The minimum atomic E-state index is 0.155. The molecule has 0 radical (unpaired) electrons. The van der Waals surface area contributed by atoms with E-state index in [1.807, 2.05) is 19.2 Å². The van der Waals surface area contributed by atoms with Crippen LogP contribution in [0.1, 0.15) is 23.6 Å². The van der Waals surface area contributed by atoms with Gasteiger partial charge in [0.25, 0.3) is 0 Å². The highest BCUT2D eigenvalue weighted by Crippen LogP contribution is 2.22. The number of aryl methyl sites for hydroxylation is 1. The molecule has 1 unspecified atom stereocenters. The van der Waals surface area contributed by atoms with Gasteiger partial charge in [-0.25, -0.2) is 4.98 Å². The van der Waals surface area contributed by atoms with Gasteiger partial charge >= 0.3 is 0 Å². The van der Waals surface area contributed by atoms with Gasteiger partial charge in [0, 0.05) is 30.4 Å². The minimum absolute atomic E-state index is 0.155. The van der Waals surface area contributed by atoms with E-state index in [1.54, 1.807) is 0 Å². The predicted molar refractivity (Wildman–Crippen MR) is 87.4 cm³/mol. The summed E-state index contributed by atoms with van der Waals surface area (Å²) >= 11 is 0. The second kappa shape index (κ2) is 5.70. The molecule has 0 amide bonds. The average molecular weight is 279 g/mol. The molecule has 0 fully saturated rings. The summed E-state index contributed by atoms with van der Waals surface area (Å²) < 4.78 is 2.23. The van der Waals surface area contributed by atoms with Crippen molar-refractivity contribution >= 4 is 11.0 Å². The number of rotatable bonds is 4. The molecule has 3 nitrogen and oxygen atoms in total. The van der Waals surface area contributed by atoms with E-state index in [-0.39, 0.29) is 6.04 Å². The molecule has 0 spiro atoms. The third kappa shape index (κ3) is 2.83. The summed E-state index contributed by atoms with van der Waals surface area (Å²) in [5.74, 6) is 0. The first kappa shape index (κ1) is 13.8. The standard InChI is InChI=1S/C18H21N3/c1-13-6-3-4-7-15(13)11-21-12-16(10-14(2)19)17-8-5-9-20-18(17)21/h3-9,12,14H,10-11,19H2,1-2H3. The first-order chi connectivity index (χ1) is 10.1. The third-order valence-electron chi connectivity index (χ3n) is 3.86. The Bertz CT molecular complexity index is 756. The fourth-order valence-corrected chi connectivity index (χ4v) is 2.80. The Morgan fingerprint density at radius 3 is 2.71 bits per heavy atom. The Hall–Kier alpha value is -2.13. The van der Waals surface area contributed by atoms with E-state index in [0.29, 0.717) is 0 Å². The zero-order chi connectivity index (χ0) is 14.8. The number of hydrogen-bond donors (Lipinski definition) is 1. The number of pyridine rings is 1. The number of benzene rings is 1. The molecule has 3 aromatic rings. The van der Waals surface area contributed by atoms with E-state index < -0.39 is 0 Å². The highest BCUT2D eigenvalue weighted by molar-refractivity contribution is 5.80. The Labute approximate surface area is 125 Å². The zero-order valence-electron chi connectivity index (χ0n) is 12.6. The molecule has 0 saturated carbocycles. The van der Waals surface area contributed by atoms with Crippen LogP contribution >= 0.6 is 0 Å². The highest BCUT2D eigenvalue weighted by atomic mass is 15.0. The van der Waals surface area contributed by atoms with Crippen molar-refractivity contribution in [3.05, 3.63) is 65.5 Å². The van der Waals surface area contributed by atoms with Crippen molar-refractivity contribution in [3.8, 4) is 0 Å². The van der Waals surface area contributed by atoms with Crippen LogP contribution in [0.25, 0.3) is 11.0 Å². The van der Waals surface area contributed by atoms with Crippen LogP contribution in [0.15, 0.2) is 48.8 Å². The smallest absolute Gasteiger partial charge is 0.140 e. The molecule has 0 aliphatic rings. The quantitative estimate of drug-likeness (QED) is 0.796. The molecule has 1 atom stereocenters. The Morgan fingerprint density at radius 1 is 1.14 bits per heavy atom. The van der Waals surface area contributed by atoms with Crippen molar-refractivity contribution in [1.82, 2.24) is 9.55 Å². The lowest BCUT2D eigenvalue weighted by molar-refractivity contribution is 0.734. The number of hydrogen-bond acceptors (Lipinski definition) is 2. The molecular weight excluding hydrogens is 258 g/mol. The van der Waals surface area contributed by atoms with Gasteiger partial charge in [-0.05, 0) is 49.1 Å². The second-order valence-electron chi connectivity index (χ2n) is 5.76. The largest absolute Gasteiger partial charge is 0.328 e.